The van der Waals surface area contributed by atoms with E-state index in [0.717, 1.165) is 24.1 Å². The molecule has 0 spiro atoms. The molecule has 2 amide bonds. The summed E-state index contributed by atoms with van der Waals surface area (Å²) in [5.41, 5.74) is 1.73. The zero-order valence-corrected chi connectivity index (χ0v) is 13.2. The van der Waals surface area contributed by atoms with E-state index in [9.17, 15) is 9.59 Å². The summed E-state index contributed by atoms with van der Waals surface area (Å²) in [6.45, 7) is 0. The zero-order chi connectivity index (χ0) is 16.5. The van der Waals surface area contributed by atoms with Crippen molar-refractivity contribution in [3.05, 3.63) is 48.0 Å². The smallest absolute Gasteiger partial charge is 0.226 e. The third-order valence-electron chi connectivity index (χ3n) is 4.59. The first-order valence-corrected chi connectivity index (χ1v) is 8.21. The van der Waals surface area contributed by atoms with Gasteiger partial charge in [-0.2, -0.15) is 5.10 Å². The first-order chi connectivity index (χ1) is 11.7. The average Bonchev–Trinajstić information content (AvgIpc) is 3.18. The van der Waals surface area contributed by atoms with E-state index in [1.54, 1.807) is 24.7 Å². The molecule has 124 valence electrons. The topological polar surface area (TPSA) is 91.0 Å². The third kappa shape index (κ3) is 2.89. The van der Waals surface area contributed by atoms with Gasteiger partial charge in [-0.3, -0.25) is 19.7 Å². The van der Waals surface area contributed by atoms with Gasteiger partial charge in [-0.1, -0.05) is 6.07 Å². The summed E-state index contributed by atoms with van der Waals surface area (Å²) in [4.78, 5) is 30.9. The third-order valence-corrected chi connectivity index (χ3v) is 4.59. The number of amides is 2. The number of likely N-dealkylation sites (tertiary alicyclic amines) is 1. The lowest BCUT2D eigenvalue weighted by atomic mass is 10.0. The van der Waals surface area contributed by atoms with Crippen LogP contribution in [0.3, 0.4) is 0 Å². The van der Waals surface area contributed by atoms with Gasteiger partial charge in [-0.05, 0) is 30.5 Å². The van der Waals surface area contributed by atoms with Crippen molar-refractivity contribution in [1.29, 1.82) is 0 Å². The zero-order valence-electron chi connectivity index (χ0n) is 13.2. The van der Waals surface area contributed by atoms with Gasteiger partial charge >= 0.3 is 0 Å². The Morgan fingerprint density at radius 3 is 2.88 bits per heavy atom. The van der Waals surface area contributed by atoms with Crippen LogP contribution in [0.5, 0.6) is 0 Å². The molecule has 1 aliphatic heterocycles. The molecule has 2 aliphatic rings. The van der Waals surface area contributed by atoms with Crippen molar-refractivity contribution < 1.29 is 9.59 Å². The molecule has 0 unspecified atom stereocenters. The summed E-state index contributed by atoms with van der Waals surface area (Å²) in [6.07, 6.45) is 7.77. The molecule has 7 heteroatoms. The Labute approximate surface area is 139 Å². The van der Waals surface area contributed by atoms with Crippen LogP contribution in [0.4, 0.5) is 0 Å². The number of pyridine rings is 1. The number of rotatable bonds is 5. The summed E-state index contributed by atoms with van der Waals surface area (Å²) in [7, 11) is 0. The maximum atomic E-state index is 12.5. The van der Waals surface area contributed by atoms with Crippen molar-refractivity contribution in [3.63, 3.8) is 0 Å². The van der Waals surface area contributed by atoms with Gasteiger partial charge in [0.15, 0.2) is 0 Å². The molecule has 3 heterocycles. The fraction of sp³-hybridized carbons (Fsp3) is 0.412. The molecular weight excluding hydrogens is 306 g/mol. The Morgan fingerprint density at radius 1 is 1.33 bits per heavy atom. The minimum atomic E-state index is -0.224. The van der Waals surface area contributed by atoms with Gasteiger partial charge in [0.25, 0.3) is 0 Å². The molecular formula is C17H19N5O2. The number of carbonyl (C=O) groups is 2. The summed E-state index contributed by atoms with van der Waals surface area (Å²) in [6, 6.07) is 5.56. The molecule has 0 radical (unpaired) electrons. The van der Waals surface area contributed by atoms with Gasteiger partial charge in [0.1, 0.15) is 0 Å². The Bertz CT molecular complexity index is 727. The van der Waals surface area contributed by atoms with E-state index >= 15 is 0 Å². The standard InChI is InChI=1S/C17H19N5O2/c23-15(8-12-5-7-19-21-12)20-14-9-16(24)22(13-3-4-13)17(14)11-2-1-6-18-10-11/h1-2,5-7,10,13-14,17H,3-4,8-9H2,(H,19,21)(H,20,23)/t14-,17+/m1/s1. The number of nitrogens with one attached hydrogen (secondary N) is 2. The normalized spacial score (nSPS) is 23.5. The molecule has 4 rings (SSSR count). The lowest BCUT2D eigenvalue weighted by Gasteiger charge is -2.28. The quantitative estimate of drug-likeness (QED) is 0.857. The largest absolute Gasteiger partial charge is 0.350 e. The molecule has 7 nitrogen and oxygen atoms in total. The van der Waals surface area contributed by atoms with E-state index < -0.39 is 0 Å². The van der Waals surface area contributed by atoms with Crippen LogP contribution >= 0.6 is 0 Å². The lowest BCUT2D eigenvalue weighted by molar-refractivity contribution is -0.129. The summed E-state index contributed by atoms with van der Waals surface area (Å²) in [5, 5.41) is 9.66. The summed E-state index contributed by atoms with van der Waals surface area (Å²) < 4.78 is 0. The van der Waals surface area contributed by atoms with Crippen molar-refractivity contribution >= 4 is 11.8 Å². The van der Waals surface area contributed by atoms with Crippen LogP contribution < -0.4 is 5.32 Å². The molecule has 2 atom stereocenters. The fourth-order valence-electron chi connectivity index (χ4n) is 3.43. The number of hydrogen-bond acceptors (Lipinski definition) is 4. The van der Waals surface area contributed by atoms with E-state index in [1.165, 1.54) is 0 Å². The van der Waals surface area contributed by atoms with Crippen molar-refractivity contribution in [2.24, 2.45) is 0 Å². The Hall–Kier alpha value is -2.70. The van der Waals surface area contributed by atoms with Crippen LogP contribution in [0.15, 0.2) is 36.8 Å². The Kier molecular flexibility index (Phi) is 3.76. The van der Waals surface area contributed by atoms with E-state index in [1.807, 2.05) is 17.0 Å². The van der Waals surface area contributed by atoms with Gasteiger partial charge in [0.2, 0.25) is 11.8 Å². The number of carbonyl (C=O) groups excluding carboxylic acids is 2. The molecule has 1 saturated heterocycles. The van der Waals surface area contributed by atoms with E-state index in [0.29, 0.717) is 12.5 Å². The van der Waals surface area contributed by atoms with Crippen molar-refractivity contribution in [2.75, 3.05) is 0 Å². The van der Waals surface area contributed by atoms with E-state index in [-0.39, 0.29) is 30.3 Å². The van der Waals surface area contributed by atoms with E-state index in [4.69, 9.17) is 0 Å². The summed E-state index contributed by atoms with van der Waals surface area (Å²) in [5.74, 6) is 0.00165. The molecule has 2 aromatic rings. The van der Waals surface area contributed by atoms with Crippen LogP contribution in [0, 0.1) is 0 Å². The number of aromatic nitrogens is 3. The van der Waals surface area contributed by atoms with Crippen molar-refractivity contribution in [2.45, 2.75) is 43.8 Å². The average molecular weight is 325 g/mol. The van der Waals surface area contributed by atoms with Gasteiger partial charge in [-0.15, -0.1) is 0 Å². The predicted octanol–water partition coefficient (Wildman–Crippen LogP) is 0.968. The van der Waals surface area contributed by atoms with E-state index in [2.05, 4.69) is 20.5 Å². The molecule has 24 heavy (non-hydrogen) atoms. The fourth-order valence-corrected chi connectivity index (χ4v) is 3.43. The molecule has 1 aliphatic carbocycles. The molecule has 2 N–H and O–H groups in total. The maximum absolute atomic E-state index is 12.5. The Morgan fingerprint density at radius 2 is 2.21 bits per heavy atom. The van der Waals surface area contributed by atoms with Crippen LogP contribution in [-0.4, -0.2) is 44.0 Å². The highest BCUT2D eigenvalue weighted by atomic mass is 16.2. The number of hydrogen-bond donors (Lipinski definition) is 2. The van der Waals surface area contributed by atoms with Gasteiger partial charge in [0, 0.05) is 36.7 Å². The molecule has 0 aromatic carbocycles. The van der Waals surface area contributed by atoms with Crippen LogP contribution in [0.25, 0.3) is 0 Å². The van der Waals surface area contributed by atoms with Crippen molar-refractivity contribution in [3.8, 4) is 0 Å². The second-order valence-corrected chi connectivity index (χ2v) is 6.40. The monoisotopic (exact) mass is 325 g/mol. The van der Waals surface area contributed by atoms with Gasteiger partial charge < -0.3 is 10.2 Å². The highest BCUT2D eigenvalue weighted by Gasteiger charge is 2.47. The molecule has 2 fully saturated rings. The predicted molar refractivity (Wildman–Crippen MR) is 85.7 cm³/mol. The minimum Gasteiger partial charge on any atom is -0.350 e. The Balaban J connectivity index is 1.54. The second-order valence-electron chi connectivity index (χ2n) is 6.40. The van der Waals surface area contributed by atoms with Crippen LogP contribution in [-0.2, 0) is 16.0 Å². The lowest BCUT2D eigenvalue weighted by Crippen LogP contribution is -2.41. The highest BCUT2D eigenvalue weighted by Crippen LogP contribution is 2.41. The van der Waals surface area contributed by atoms with Crippen LogP contribution in [0.2, 0.25) is 0 Å². The van der Waals surface area contributed by atoms with Crippen LogP contribution in [0.1, 0.15) is 36.6 Å². The molecule has 1 saturated carbocycles. The van der Waals surface area contributed by atoms with Gasteiger partial charge in [0.05, 0.1) is 18.5 Å². The number of H-pyrrole nitrogens is 1. The maximum Gasteiger partial charge on any atom is 0.226 e. The molecule has 0 bridgehead atoms. The molecule has 2 aromatic heterocycles. The summed E-state index contributed by atoms with van der Waals surface area (Å²) >= 11 is 0. The highest BCUT2D eigenvalue weighted by molar-refractivity contribution is 5.84. The van der Waals surface area contributed by atoms with Gasteiger partial charge in [-0.25, -0.2) is 0 Å². The number of nitrogens with zero attached hydrogens (tertiary/aromatic N) is 3. The number of aromatic amines is 1. The first kappa shape index (κ1) is 14.9. The minimum absolute atomic E-state index is 0.108. The van der Waals surface area contributed by atoms with Crippen molar-refractivity contribution in [1.82, 2.24) is 25.4 Å². The second kappa shape index (κ2) is 6.07. The first-order valence-electron chi connectivity index (χ1n) is 8.21. The SMILES string of the molecule is O=C(Cc1ccn[nH]1)N[C@@H]1CC(=O)N(C2CC2)[C@H]1c1cccnc1.